The van der Waals surface area contributed by atoms with E-state index in [-0.39, 0.29) is 0 Å². The molecule has 0 aliphatic heterocycles. The Balaban J connectivity index is 1.88. The van der Waals surface area contributed by atoms with Crippen molar-refractivity contribution in [2.75, 3.05) is 5.32 Å². The van der Waals surface area contributed by atoms with Gasteiger partial charge in [0.25, 0.3) is 0 Å². The highest BCUT2D eigenvalue weighted by Crippen LogP contribution is 2.24. The van der Waals surface area contributed by atoms with Crippen LogP contribution in [0.4, 0.5) is 5.69 Å². The molecular weight excluding hydrogens is 174 g/mol. The predicted octanol–water partition coefficient (Wildman–Crippen LogP) is 2.53. The first kappa shape index (κ1) is 7.85. The Morgan fingerprint density at radius 1 is 1.43 bits per heavy atom. The smallest absolute Gasteiger partial charge is 0.137 e. The minimum absolute atomic E-state index is 0.674. The molecule has 3 rings (SSSR count). The average Bonchev–Trinajstić information content (AvgIpc) is 2.58. The number of nitrogens with zero attached hydrogens (tertiary/aromatic N) is 1. The normalized spacial score (nSPS) is 16.9. The minimum atomic E-state index is 0.674. The highest BCUT2D eigenvalue weighted by molar-refractivity contribution is 5.78. The van der Waals surface area contributed by atoms with Gasteiger partial charge in [0.1, 0.15) is 5.65 Å². The molecule has 2 aromatic heterocycles. The lowest BCUT2D eigenvalue weighted by Gasteiger charge is -2.27. The second kappa shape index (κ2) is 3.01. The van der Waals surface area contributed by atoms with Crippen molar-refractivity contribution < 1.29 is 0 Å². The summed E-state index contributed by atoms with van der Waals surface area (Å²) in [5.74, 6) is 0. The number of hydrogen-bond acceptors (Lipinski definition) is 2. The minimum Gasteiger partial charge on any atom is -0.381 e. The third-order valence-corrected chi connectivity index (χ3v) is 2.88. The monoisotopic (exact) mass is 187 g/mol. The lowest BCUT2D eigenvalue weighted by atomic mass is 9.93. The molecule has 72 valence electrons. The Labute approximate surface area is 82.5 Å². The third-order valence-electron chi connectivity index (χ3n) is 2.88. The lowest BCUT2D eigenvalue weighted by Crippen LogP contribution is -2.26. The molecule has 1 saturated carbocycles. The average molecular weight is 187 g/mol. The molecule has 0 saturated heterocycles. The van der Waals surface area contributed by atoms with Gasteiger partial charge in [0.05, 0.1) is 11.9 Å². The fourth-order valence-corrected chi connectivity index (χ4v) is 1.81. The van der Waals surface area contributed by atoms with Crippen LogP contribution in [-0.2, 0) is 0 Å². The molecule has 1 fully saturated rings. The first-order valence-corrected chi connectivity index (χ1v) is 5.11. The first-order valence-electron chi connectivity index (χ1n) is 5.11. The fraction of sp³-hybridized carbons (Fsp3) is 0.364. The summed E-state index contributed by atoms with van der Waals surface area (Å²) in [6, 6.07) is 4.87. The maximum absolute atomic E-state index is 4.33. The Bertz CT molecular complexity index is 442. The van der Waals surface area contributed by atoms with Crippen LogP contribution in [0.3, 0.4) is 0 Å². The molecule has 1 aliphatic rings. The maximum Gasteiger partial charge on any atom is 0.137 e. The van der Waals surface area contributed by atoms with Crippen molar-refractivity contribution >= 4 is 16.7 Å². The molecule has 0 radical (unpaired) electrons. The Kier molecular flexibility index (Phi) is 1.69. The van der Waals surface area contributed by atoms with Gasteiger partial charge in [0.2, 0.25) is 0 Å². The van der Waals surface area contributed by atoms with Gasteiger partial charge in [-0.2, -0.15) is 0 Å². The molecular formula is C11H13N3. The largest absolute Gasteiger partial charge is 0.381 e. The van der Waals surface area contributed by atoms with Crippen molar-refractivity contribution in [1.82, 2.24) is 9.97 Å². The van der Waals surface area contributed by atoms with Crippen molar-refractivity contribution in [1.29, 1.82) is 0 Å². The molecule has 0 bridgehead atoms. The van der Waals surface area contributed by atoms with Gasteiger partial charge in [0.15, 0.2) is 0 Å². The van der Waals surface area contributed by atoms with E-state index in [0.29, 0.717) is 6.04 Å². The van der Waals surface area contributed by atoms with Gasteiger partial charge in [-0.15, -0.1) is 0 Å². The third kappa shape index (κ3) is 1.25. The summed E-state index contributed by atoms with van der Waals surface area (Å²) in [5, 5.41) is 4.66. The Morgan fingerprint density at radius 3 is 3.14 bits per heavy atom. The molecule has 2 heterocycles. The second-order valence-corrected chi connectivity index (χ2v) is 3.91. The topological polar surface area (TPSA) is 40.7 Å². The zero-order chi connectivity index (χ0) is 9.38. The van der Waals surface area contributed by atoms with Crippen LogP contribution in [0.5, 0.6) is 0 Å². The van der Waals surface area contributed by atoms with Crippen LogP contribution in [0, 0.1) is 0 Å². The van der Waals surface area contributed by atoms with Gasteiger partial charge >= 0.3 is 0 Å². The van der Waals surface area contributed by atoms with E-state index in [1.807, 2.05) is 18.5 Å². The highest BCUT2D eigenvalue weighted by atomic mass is 15.0. The molecule has 0 amide bonds. The standard InChI is InChI=1S/C11H13N3/c1-2-9(3-1)14-10-6-8-4-5-12-11(8)13-7-10/h4-7,9,14H,1-3H2,(H,12,13). The van der Waals surface area contributed by atoms with Gasteiger partial charge in [-0.05, 0) is 31.4 Å². The molecule has 0 atom stereocenters. The number of aromatic amines is 1. The van der Waals surface area contributed by atoms with Crippen LogP contribution < -0.4 is 5.32 Å². The van der Waals surface area contributed by atoms with E-state index in [2.05, 4.69) is 21.4 Å². The van der Waals surface area contributed by atoms with Gasteiger partial charge in [-0.3, -0.25) is 0 Å². The molecule has 0 unspecified atom stereocenters. The summed E-state index contributed by atoms with van der Waals surface area (Å²) in [7, 11) is 0. The van der Waals surface area contributed by atoms with Crippen molar-refractivity contribution in [2.45, 2.75) is 25.3 Å². The number of H-pyrrole nitrogens is 1. The summed E-state index contributed by atoms with van der Waals surface area (Å²) in [5.41, 5.74) is 2.10. The number of rotatable bonds is 2. The number of hydrogen-bond donors (Lipinski definition) is 2. The van der Waals surface area contributed by atoms with Crippen LogP contribution >= 0.6 is 0 Å². The summed E-state index contributed by atoms with van der Waals surface area (Å²) < 4.78 is 0. The maximum atomic E-state index is 4.33. The molecule has 3 heteroatoms. The Hall–Kier alpha value is -1.51. The SMILES string of the molecule is c1cc2cc(NC3CCC3)cnc2[nH]1. The summed E-state index contributed by atoms with van der Waals surface area (Å²) in [6.07, 6.45) is 7.77. The van der Waals surface area contributed by atoms with Crippen LogP contribution in [0.25, 0.3) is 11.0 Å². The molecule has 1 aliphatic carbocycles. The van der Waals surface area contributed by atoms with E-state index in [0.717, 1.165) is 11.3 Å². The van der Waals surface area contributed by atoms with E-state index in [1.54, 1.807) is 0 Å². The van der Waals surface area contributed by atoms with E-state index in [1.165, 1.54) is 24.6 Å². The fourth-order valence-electron chi connectivity index (χ4n) is 1.81. The number of nitrogens with one attached hydrogen (secondary N) is 2. The highest BCUT2D eigenvalue weighted by Gasteiger charge is 2.16. The van der Waals surface area contributed by atoms with Crippen LogP contribution in [0.1, 0.15) is 19.3 Å². The number of anilines is 1. The van der Waals surface area contributed by atoms with Gasteiger partial charge in [-0.25, -0.2) is 4.98 Å². The molecule has 0 spiro atoms. The number of aromatic nitrogens is 2. The van der Waals surface area contributed by atoms with E-state index < -0.39 is 0 Å². The molecule has 3 nitrogen and oxygen atoms in total. The van der Waals surface area contributed by atoms with Crippen LogP contribution in [-0.4, -0.2) is 16.0 Å². The van der Waals surface area contributed by atoms with Crippen molar-refractivity contribution in [3.8, 4) is 0 Å². The predicted molar refractivity (Wildman–Crippen MR) is 57.4 cm³/mol. The van der Waals surface area contributed by atoms with Crippen molar-refractivity contribution in [2.24, 2.45) is 0 Å². The Morgan fingerprint density at radius 2 is 2.36 bits per heavy atom. The molecule has 14 heavy (non-hydrogen) atoms. The number of pyridine rings is 1. The van der Waals surface area contributed by atoms with Crippen molar-refractivity contribution in [3.63, 3.8) is 0 Å². The first-order chi connectivity index (χ1) is 6.92. The summed E-state index contributed by atoms with van der Waals surface area (Å²) in [6.45, 7) is 0. The summed E-state index contributed by atoms with van der Waals surface area (Å²) in [4.78, 5) is 7.42. The van der Waals surface area contributed by atoms with Gasteiger partial charge < -0.3 is 10.3 Å². The van der Waals surface area contributed by atoms with E-state index in [9.17, 15) is 0 Å². The zero-order valence-electron chi connectivity index (χ0n) is 7.96. The van der Waals surface area contributed by atoms with Gasteiger partial charge in [-0.1, -0.05) is 0 Å². The zero-order valence-corrected chi connectivity index (χ0v) is 7.96. The van der Waals surface area contributed by atoms with Gasteiger partial charge in [0, 0.05) is 17.6 Å². The van der Waals surface area contributed by atoms with Crippen LogP contribution in [0.2, 0.25) is 0 Å². The van der Waals surface area contributed by atoms with Crippen molar-refractivity contribution in [3.05, 3.63) is 24.5 Å². The van der Waals surface area contributed by atoms with Crippen LogP contribution in [0.15, 0.2) is 24.5 Å². The molecule has 2 N–H and O–H groups in total. The molecule has 0 aromatic carbocycles. The summed E-state index contributed by atoms with van der Waals surface area (Å²) >= 11 is 0. The van der Waals surface area contributed by atoms with E-state index >= 15 is 0 Å². The lowest BCUT2D eigenvalue weighted by molar-refractivity contribution is 0.445. The number of fused-ring (bicyclic) bond motifs is 1. The second-order valence-electron chi connectivity index (χ2n) is 3.91. The quantitative estimate of drug-likeness (QED) is 0.758. The van der Waals surface area contributed by atoms with E-state index in [4.69, 9.17) is 0 Å². The molecule has 2 aromatic rings.